The molecule has 0 spiro atoms. The fourth-order valence-corrected chi connectivity index (χ4v) is 2.25. The highest BCUT2D eigenvalue weighted by Crippen LogP contribution is 2.11. The summed E-state index contributed by atoms with van der Waals surface area (Å²) >= 11 is 0. The number of halogens is 2. The summed E-state index contributed by atoms with van der Waals surface area (Å²) in [4.78, 5) is 6.30. The summed E-state index contributed by atoms with van der Waals surface area (Å²) in [5, 5.41) is 3.23. The SMILES string of the molecule is CN=C(NCCOc1cccc(F)c1)N(C)Cc1cccn1C.I. The van der Waals surface area contributed by atoms with Gasteiger partial charge in [-0.3, -0.25) is 4.99 Å². The van der Waals surface area contributed by atoms with Crippen molar-refractivity contribution in [1.29, 1.82) is 0 Å². The van der Waals surface area contributed by atoms with E-state index in [2.05, 4.69) is 20.9 Å². The molecule has 0 atom stereocenters. The van der Waals surface area contributed by atoms with E-state index in [-0.39, 0.29) is 29.8 Å². The van der Waals surface area contributed by atoms with E-state index in [0.29, 0.717) is 18.9 Å². The van der Waals surface area contributed by atoms with E-state index in [1.807, 2.05) is 31.3 Å². The Kier molecular flexibility index (Phi) is 8.59. The van der Waals surface area contributed by atoms with E-state index in [4.69, 9.17) is 4.74 Å². The number of hydrogen-bond donors (Lipinski definition) is 1. The minimum absolute atomic E-state index is 0. The molecule has 5 nitrogen and oxygen atoms in total. The van der Waals surface area contributed by atoms with Gasteiger partial charge in [-0.1, -0.05) is 6.07 Å². The van der Waals surface area contributed by atoms with Gasteiger partial charge in [0, 0.05) is 39.1 Å². The summed E-state index contributed by atoms with van der Waals surface area (Å²) in [6, 6.07) is 10.2. The quantitative estimate of drug-likeness (QED) is 0.321. The molecule has 1 aromatic carbocycles. The van der Waals surface area contributed by atoms with Crippen LogP contribution in [-0.2, 0) is 13.6 Å². The van der Waals surface area contributed by atoms with Crippen molar-refractivity contribution in [3.63, 3.8) is 0 Å². The highest BCUT2D eigenvalue weighted by atomic mass is 127. The summed E-state index contributed by atoms with van der Waals surface area (Å²) in [6.07, 6.45) is 2.02. The number of benzene rings is 1. The Bertz CT molecular complexity index is 660. The maximum absolute atomic E-state index is 13.1. The lowest BCUT2D eigenvalue weighted by molar-refractivity contribution is 0.317. The lowest BCUT2D eigenvalue weighted by Gasteiger charge is -2.22. The van der Waals surface area contributed by atoms with Crippen molar-refractivity contribution < 1.29 is 9.13 Å². The largest absolute Gasteiger partial charge is 0.492 e. The van der Waals surface area contributed by atoms with Crippen LogP contribution in [0.2, 0.25) is 0 Å². The van der Waals surface area contributed by atoms with E-state index in [0.717, 1.165) is 12.5 Å². The first kappa shape index (κ1) is 20.3. The van der Waals surface area contributed by atoms with Gasteiger partial charge in [0.15, 0.2) is 5.96 Å². The first-order valence-corrected chi connectivity index (χ1v) is 7.50. The minimum atomic E-state index is -0.298. The number of aryl methyl sites for hydroxylation is 1. The van der Waals surface area contributed by atoms with E-state index in [1.165, 1.54) is 17.8 Å². The number of aliphatic imine (C=N–C) groups is 1. The van der Waals surface area contributed by atoms with Crippen molar-refractivity contribution in [2.24, 2.45) is 12.0 Å². The Balaban J connectivity index is 0.00000288. The zero-order valence-corrected chi connectivity index (χ0v) is 16.5. The summed E-state index contributed by atoms with van der Waals surface area (Å²) < 4.78 is 20.6. The maximum Gasteiger partial charge on any atom is 0.193 e. The molecule has 2 aromatic rings. The molecule has 0 saturated heterocycles. The van der Waals surface area contributed by atoms with Gasteiger partial charge >= 0.3 is 0 Å². The van der Waals surface area contributed by atoms with E-state index < -0.39 is 0 Å². The summed E-state index contributed by atoms with van der Waals surface area (Å²) in [5.41, 5.74) is 1.20. The van der Waals surface area contributed by atoms with Crippen LogP contribution in [0.5, 0.6) is 5.75 Å². The molecule has 0 aliphatic heterocycles. The van der Waals surface area contributed by atoms with Gasteiger partial charge in [-0.25, -0.2) is 4.39 Å². The molecule has 0 unspecified atom stereocenters. The number of aromatic nitrogens is 1. The molecule has 1 heterocycles. The van der Waals surface area contributed by atoms with Gasteiger partial charge in [-0.15, -0.1) is 24.0 Å². The number of nitrogens with one attached hydrogen (secondary N) is 1. The smallest absolute Gasteiger partial charge is 0.193 e. The van der Waals surface area contributed by atoms with E-state index >= 15 is 0 Å². The third-order valence-corrected chi connectivity index (χ3v) is 3.47. The lowest BCUT2D eigenvalue weighted by atomic mass is 10.3. The first-order chi connectivity index (χ1) is 11.1. The Morgan fingerprint density at radius 2 is 2.12 bits per heavy atom. The molecule has 1 aromatic heterocycles. The molecule has 132 valence electrons. The minimum Gasteiger partial charge on any atom is -0.492 e. The van der Waals surface area contributed by atoms with Crippen LogP contribution in [0.1, 0.15) is 5.69 Å². The van der Waals surface area contributed by atoms with Crippen LogP contribution in [0.3, 0.4) is 0 Å². The molecule has 7 heteroatoms. The molecule has 0 radical (unpaired) electrons. The fraction of sp³-hybridized carbons (Fsp3) is 0.353. The third kappa shape index (κ3) is 6.03. The molecule has 2 rings (SSSR count). The lowest BCUT2D eigenvalue weighted by Crippen LogP contribution is -2.40. The number of guanidine groups is 1. The predicted octanol–water partition coefficient (Wildman–Crippen LogP) is 2.87. The van der Waals surface area contributed by atoms with Gasteiger partial charge < -0.3 is 19.5 Å². The number of nitrogens with zero attached hydrogens (tertiary/aromatic N) is 3. The average molecular weight is 446 g/mol. The molecule has 0 saturated carbocycles. The van der Waals surface area contributed by atoms with Crippen molar-refractivity contribution in [3.05, 3.63) is 54.1 Å². The highest BCUT2D eigenvalue weighted by molar-refractivity contribution is 14.0. The second-order valence-electron chi connectivity index (χ2n) is 5.25. The number of rotatable bonds is 6. The Morgan fingerprint density at radius 1 is 1.33 bits per heavy atom. The molecule has 0 aliphatic rings. The molecule has 0 aliphatic carbocycles. The predicted molar refractivity (Wildman–Crippen MR) is 106 cm³/mol. The molecule has 0 fully saturated rings. The van der Waals surface area contributed by atoms with Crippen molar-refractivity contribution in [2.45, 2.75) is 6.54 Å². The Hall–Kier alpha value is -1.77. The van der Waals surface area contributed by atoms with Crippen molar-refractivity contribution in [1.82, 2.24) is 14.8 Å². The van der Waals surface area contributed by atoms with Gasteiger partial charge in [0.2, 0.25) is 0 Å². The van der Waals surface area contributed by atoms with Crippen molar-refractivity contribution in [3.8, 4) is 5.75 Å². The fourth-order valence-electron chi connectivity index (χ4n) is 2.25. The second-order valence-corrected chi connectivity index (χ2v) is 5.25. The molecule has 0 bridgehead atoms. The first-order valence-electron chi connectivity index (χ1n) is 7.50. The number of ether oxygens (including phenoxy) is 1. The van der Waals surface area contributed by atoms with Gasteiger partial charge in [0.25, 0.3) is 0 Å². The highest BCUT2D eigenvalue weighted by Gasteiger charge is 2.08. The van der Waals surface area contributed by atoms with Crippen LogP contribution < -0.4 is 10.1 Å². The molecular formula is C17H24FIN4O. The van der Waals surface area contributed by atoms with Crippen LogP contribution in [-0.4, -0.2) is 42.7 Å². The topological polar surface area (TPSA) is 41.8 Å². The normalized spacial score (nSPS) is 10.9. The molecule has 1 N–H and O–H groups in total. The van der Waals surface area contributed by atoms with Gasteiger partial charge in [0.1, 0.15) is 18.2 Å². The van der Waals surface area contributed by atoms with Crippen LogP contribution >= 0.6 is 24.0 Å². The van der Waals surface area contributed by atoms with Gasteiger partial charge in [-0.05, 0) is 24.3 Å². The zero-order valence-electron chi connectivity index (χ0n) is 14.2. The Labute approximate surface area is 159 Å². The van der Waals surface area contributed by atoms with Crippen LogP contribution in [0.15, 0.2) is 47.6 Å². The van der Waals surface area contributed by atoms with E-state index in [1.54, 1.807) is 19.2 Å². The van der Waals surface area contributed by atoms with Crippen LogP contribution in [0, 0.1) is 5.82 Å². The third-order valence-electron chi connectivity index (χ3n) is 3.47. The molecule has 24 heavy (non-hydrogen) atoms. The summed E-state index contributed by atoms with van der Waals surface area (Å²) in [5.74, 6) is 1.02. The van der Waals surface area contributed by atoms with E-state index in [9.17, 15) is 4.39 Å². The molecule has 0 amide bonds. The molecular weight excluding hydrogens is 422 g/mol. The zero-order chi connectivity index (χ0) is 16.7. The van der Waals surface area contributed by atoms with Crippen LogP contribution in [0.25, 0.3) is 0 Å². The van der Waals surface area contributed by atoms with Gasteiger partial charge in [0.05, 0.1) is 13.1 Å². The van der Waals surface area contributed by atoms with Crippen molar-refractivity contribution in [2.75, 3.05) is 27.2 Å². The van der Waals surface area contributed by atoms with Gasteiger partial charge in [-0.2, -0.15) is 0 Å². The second kappa shape index (κ2) is 10.2. The van der Waals surface area contributed by atoms with Crippen LogP contribution in [0.4, 0.5) is 4.39 Å². The summed E-state index contributed by atoms with van der Waals surface area (Å²) in [6.45, 7) is 1.77. The maximum atomic E-state index is 13.1. The monoisotopic (exact) mass is 446 g/mol. The van der Waals surface area contributed by atoms with Crippen molar-refractivity contribution >= 4 is 29.9 Å². The Morgan fingerprint density at radius 3 is 2.75 bits per heavy atom. The number of hydrogen-bond acceptors (Lipinski definition) is 2. The standard InChI is InChI=1S/C17H23FN4O.HI/c1-19-17(22(3)13-15-7-5-10-21(15)2)20-9-11-23-16-8-4-6-14(18)12-16;/h4-8,10,12H,9,11,13H2,1-3H3,(H,19,20);1H. The average Bonchev–Trinajstić information content (AvgIpc) is 2.92. The summed E-state index contributed by atoms with van der Waals surface area (Å²) in [7, 11) is 5.75.